The molecule has 2 aromatic carbocycles. The van der Waals surface area contributed by atoms with Crippen LogP contribution < -0.4 is 10.9 Å². The van der Waals surface area contributed by atoms with Gasteiger partial charge in [-0.25, -0.2) is 0 Å². The molecule has 1 aliphatic heterocycles. The largest absolute Gasteiger partial charge is 0.379 e. The third-order valence-electron chi connectivity index (χ3n) is 6.60. The van der Waals surface area contributed by atoms with Gasteiger partial charge in [0.15, 0.2) is 5.11 Å². The number of morpholine rings is 1. The van der Waals surface area contributed by atoms with E-state index < -0.39 is 0 Å². The number of hydrogen-bond acceptors (Lipinski definition) is 4. The standard InChI is InChI=1S/C27H34N4O2S/c1-18-5-6-24(21(4)13-18)29-27(34)31(8-7-30-9-11-33-12-10-30)17-23-16-22-14-19(2)20(3)15-25(22)28-26(23)32/h5-6,13-16H,7-12,17H2,1-4H3,(H,28,32)(H,29,34). The summed E-state index contributed by atoms with van der Waals surface area (Å²) in [4.78, 5) is 20.5. The van der Waals surface area contributed by atoms with Crippen LogP contribution in [-0.4, -0.2) is 59.3 Å². The van der Waals surface area contributed by atoms with Gasteiger partial charge in [-0.2, -0.15) is 0 Å². The van der Waals surface area contributed by atoms with Crippen LogP contribution in [0.1, 0.15) is 27.8 Å². The Morgan fingerprint density at radius 2 is 1.79 bits per heavy atom. The van der Waals surface area contributed by atoms with E-state index in [1.807, 2.05) is 12.1 Å². The summed E-state index contributed by atoms with van der Waals surface area (Å²) in [6.07, 6.45) is 0. The Kier molecular flexibility index (Phi) is 7.66. The number of pyridine rings is 1. The Labute approximate surface area is 206 Å². The van der Waals surface area contributed by atoms with Crippen LogP contribution in [0.4, 0.5) is 5.69 Å². The quantitative estimate of drug-likeness (QED) is 0.516. The predicted molar refractivity (Wildman–Crippen MR) is 144 cm³/mol. The molecule has 1 aromatic heterocycles. The third kappa shape index (κ3) is 5.84. The van der Waals surface area contributed by atoms with Crippen molar-refractivity contribution >= 4 is 33.9 Å². The highest BCUT2D eigenvalue weighted by Gasteiger charge is 2.17. The molecule has 180 valence electrons. The number of rotatable bonds is 6. The number of ether oxygens (including phenoxy) is 1. The number of nitrogens with one attached hydrogen (secondary N) is 2. The zero-order chi connectivity index (χ0) is 24.2. The van der Waals surface area contributed by atoms with E-state index in [9.17, 15) is 4.79 Å². The minimum Gasteiger partial charge on any atom is -0.379 e. The molecule has 0 spiro atoms. The second kappa shape index (κ2) is 10.7. The summed E-state index contributed by atoms with van der Waals surface area (Å²) in [6, 6.07) is 12.5. The van der Waals surface area contributed by atoms with Gasteiger partial charge in [-0.1, -0.05) is 17.7 Å². The molecular formula is C27H34N4O2S. The summed E-state index contributed by atoms with van der Waals surface area (Å²) >= 11 is 5.85. The van der Waals surface area contributed by atoms with Crippen molar-refractivity contribution in [3.8, 4) is 0 Å². The number of thiocarbonyl (C=S) groups is 1. The van der Waals surface area contributed by atoms with E-state index in [-0.39, 0.29) is 5.56 Å². The van der Waals surface area contributed by atoms with Gasteiger partial charge in [0.25, 0.3) is 5.56 Å². The second-order valence-corrected chi connectivity index (χ2v) is 9.66. The van der Waals surface area contributed by atoms with Crippen molar-refractivity contribution in [2.75, 3.05) is 44.7 Å². The van der Waals surface area contributed by atoms with Crippen LogP contribution in [0.5, 0.6) is 0 Å². The molecule has 0 unspecified atom stereocenters. The fourth-order valence-corrected chi connectivity index (χ4v) is 4.60. The van der Waals surface area contributed by atoms with Crippen LogP contribution in [0, 0.1) is 27.7 Å². The van der Waals surface area contributed by atoms with E-state index in [2.05, 4.69) is 72.1 Å². The molecule has 6 nitrogen and oxygen atoms in total. The molecule has 1 fully saturated rings. The molecule has 3 aromatic rings. The van der Waals surface area contributed by atoms with Crippen LogP contribution in [0.2, 0.25) is 0 Å². The summed E-state index contributed by atoms with van der Waals surface area (Å²) < 4.78 is 5.49. The SMILES string of the molecule is Cc1ccc(NC(=S)N(CCN2CCOCC2)Cc2cc3cc(C)c(C)cc3[nH]c2=O)c(C)c1. The van der Waals surface area contributed by atoms with Crippen LogP contribution in [0.15, 0.2) is 41.2 Å². The molecule has 2 heterocycles. The van der Waals surface area contributed by atoms with Crippen molar-refractivity contribution in [1.82, 2.24) is 14.8 Å². The molecule has 0 atom stereocenters. The zero-order valence-corrected chi connectivity index (χ0v) is 21.3. The molecule has 1 aliphatic rings. The zero-order valence-electron chi connectivity index (χ0n) is 20.5. The minimum absolute atomic E-state index is 0.0681. The van der Waals surface area contributed by atoms with Gasteiger partial charge in [0, 0.05) is 42.9 Å². The lowest BCUT2D eigenvalue weighted by atomic mass is 10.0. The Bertz CT molecular complexity index is 1250. The van der Waals surface area contributed by atoms with Crippen molar-refractivity contribution in [2.45, 2.75) is 34.2 Å². The monoisotopic (exact) mass is 478 g/mol. The summed E-state index contributed by atoms with van der Waals surface area (Å²) in [5.41, 5.74) is 7.24. The molecule has 0 amide bonds. The van der Waals surface area contributed by atoms with Gasteiger partial charge in [-0.3, -0.25) is 9.69 Å². The van der Waals surface area contributed by atoms with Gasteiger partial charge >= 0.3 is 0 Å². The highest BCUT2D eigenvalue weighted by Crippen LogP contribution is 2.19. The lowest BCUT2D eigenvalue weighted by Gasteiger charge is -2.31. The van der Waals surface area contributed by atoms with Gasteiger partial charge in [-0.15, -0.1) is 0 Å². The fourth-order valence-electron chi connectivity index (χ4n) is 4.33. The fraction of sp³-hybridized carbons (Fsp3) is 0.407. The molecule has 0 aliphatic carbocycles. The number of aryl methyl sites for hydroxylation is 4. The van der Waals surface area contributed by atoms with Crippen molar-refractivity contribution in [3.05, 3.63) is 74.6 Å². The molecule has 0 radical (unpaired) electrons. The first-order chi connectivity index (χ1) is 16.3. The maximum Gasteiger partial charge on any atom is 0.253 e. The molecule has 7 heteroatoms. The Morgan fingerprint density at radius 3 is 2.53 bits per heavy atom. The number of H-pyrrole nitrogens is 1. The van der Waals surface area contributed by atoms with E-state index in [0.29, 0.717) is 17.2 Å². The Hall–Kier alpha value is -2.74. The molecule has 0 saturated carbocycles. The summed E-state index contributed by atoms with van der Waals surface area (Å²) in [6.45, 7) is 13.7. The van der Waals surface area contributed by atoms with E-state index in [0.717, 1.165) is 61.5 Å². The Balaban J connectivity index is 1.59. The number of aromatic amines is 1. The average Bonchev–Trinajstić information content (AvgIpc) is 2.80. The first-order valence-electron chi connectivity index (χ1n) is 11.9. The number of nitrogens with zero attached hydrogens (tertiary/aromatic N) is 2. The maximum atomic E-state index is 13.0. The van der Waals surface area contributed by atoms with Gasteiger partial charge in [-0.05, 0) is 86.3 Å². The number of anilines is 1. The molecule has 0 bridgehead atoms. The normalized spacial score (nSPS) is 14.4. The maximum absolute atomic E-state index is 13.0. The summed E-state index contributed by atoms with van der Waals surface area (Å²) in [5, 5.41) is 5.09. The summed E-state index contributed by atoms with van der Waals surface area (Å²) in [5.74, 6) is 0. The highest BCUT2D eigenvalue weighted by molar-refractivity contribution is 7.80. The van der Waals surface area contributed by atoms with Crippen molar-refractivity contribution in [1.29, 1.82) is 0 Å². The number of fused-ring (bicyclic) bond motifs is 1. The first kappa shape index (κ1) is 24.4. The van der Waals surface area contributed by atoms with E-state index in [1.165, 1.54) is 16.7 Å². The molecular weight excluding hydrogens is 444 g/mol. The minimum atomic E-state index is -0.0681. The molecule has 2 N–H and O–H groups in total. The highest BCUT2D eigenvalue weighted by atomic mass is 32.1. The van der Waals surface area contributed by atoms with Crippen LogP contribution in [0.3, 0.4) is 0 Å². The molecule has 4 rings (SSSR count). The van der Waals surface area contributed by atoms with E-state index in [1.54, 1.807) is 0 Å². The molecule has 1 saturated heterocycles. The summed E-state index contributed by atoms with van der Waals surface area (Å²) in [7, 11) is 0. The lowest BCUT2D eigenvalue weighted by Crippen LogP contribution is -2.44. The smallest absolute Gasteiger partial charge is 0.253 e. The lowest BCUT2D eigenvalue weighted by molar-refractivity contribution is 0.0358. The second-order valence-electron chi connectivity index (χ2n) is 9.27. The van der Waals surface area contributed by atoms with E-state index >= 15 is 0 Å². The van der Waals surface area contributed by atoms with E-state index in [4.69, 9.17) is 17.0 Å². The van der Waals surface area contributed by atoms with Gasteiger partial charge < -0.3 is 19.9 Å². The van der Waals surface area contributed by atoms with Crippen LogP contribution >= 0.6 is 12.2 Å². The third-order valence-corrected chi connectivity index (χ3v) is 6.96. The predicted octanol–water partition coefficient (Wildman–Crippen LogP) is 4.29. The molecule has 34 heavy (non-hydrogen) atoms. The van der Waals surface area contributed by atoms with Crippen molar-refractivity contribution < 1.29 is 4.74 Å². The first-order valence-corrected chi connectivity index (χ1v) is 12.3. The average molecular weight is 479 g/mol. The topological polar surface area (TPSA) is 60.6 Å². The van der Waals surface area contributed by atoms with Crippen LogP contribution in [0.25, 0.3) is 10.9 Å². The number of benzene rings is 2. The van der Waals surface area contributed by atoms with Crippen LogP contribution in [-0.2, 0) is 11.3 Å². The number of aromatic nitrogens is 1. The van der Waals surface area contributed by atoms with Gasteiger partial charge in [0.1, 0.15) is 0 Å². The number of hydrogen-bond donors (Lipinski definition) is 2. The van der Waals surface area contributed by atoms with Gasteiger partial charge in [0.05, 0.1) is 19.8 Å². The Morgan fingerprint density at radius 1 is 1.06 bits per heavy atom. The van der Waals surface area contributed by atoms with Crippen molar-refractivity contribution in [2.24, 2.45) is 0 Å². The van der Waals surface area contributed by atoms with Gasteiger partial charge in [0.2, 0.25) is 0 Å². The van der Waals surface area contributed by atoms with Crippen molar-refractivity contribution in [3.63, 3.8) is 0 Å².